The molecule has 7 nitrogen and oxygen atoms in total. The largest absolute Gasteiger partial charge is 0.496 e. The van der Waals surface area contributed by atoms with Gasteiger partial charge in [-0.1, -0.05) is 11.6 Å². The Kier molecular flexibility index (Phi) is 6.81. The number of hydrogen-bond acceptors (Lipinski definition) is 6. The molecule has 0 saturated carbocycles. The van der Waals surface area contributed by atoms with E-state index in [-0.39, 0.29) is 17.8 Å². The van der Waals surface area contributed by atoms with E-state index in [1.54, 1.807) is 11.0 Å². The van der Waals surface area contributed by atoms with Gasteiger partial charge in [0.1, 0.15) is 28.8 Å². The minimum Gasteiger partial charge on any atom is -0.496 e. The molecule has 1 aromatic carbocycles. The summed E-state index contributed by atoms with van der Waals surface area (Å²) in [5.41, 5.74) is -0.285. The Labute approximate surface area is 164 Å². The number of amides is 1. The average Bonchev–Trinajstić information content (AvgIpc) is 2.61. The monoisotopic (exact) mass is 399 g/mol. The Morgan fingerprint density at radius 2 is 1.74 bits per heavy atom. The zero-order valence-electron chi connectivity index (χ0n) is 16.3. The van der Waals surface area contributed by atoms with Crippen LogP contribution in [0.1, 0.15) is 44.0 Å². The maximum Gasteiger partial charge on any atom is 0.410 e. The number of benzene rings is 1. The highest BCUT2D eigenvalue weighted by Crippen LogP contribution is 2.34. The number of methoxy groups -OCH3 is 2. The lowest BCUT2D eigenvalue weighted by Crippen LogP contribution is -2.44. The molecule has 1 amide bonds. The average molecular weight is 400 g/mol. The zero-order valence-corrected chi connectivity index (χ0v) is 17.1. The lowest BCUT2D eigenvalue weighted by molar-refractivity contribution is 0.0126. The van der Waals surface area contributed by atoms with E-state index >= 15 is 0 Å². The molecule has 0 spiro atoms. The van der Waals surface area contributed by atoms with Crippen molar-refractivity contribution < 1.29 is 28.5 Å². The van der Waals surface area contributed by atoms with E-state index in [0.29, 0.717) is 42.5 Å². The second-order valence-electron chi connectivity index (χ2n) is 7.26. The number of carbonyl (C=O) groups excluding carboxylic acids is 2. The predicted octanol–water partition coefficient (Wildman–Crippen LogP) is 3.91. The van der Waals surface area contributed by atoms with Crippen molar-refractivity contribution in [3.8, 4) is 11.5 Å². The van der Waals surface area contributed by atoms with Crippen molar-refractivity contribution in [1.82, 2.24) is 4.90 Å². The molecule has 0 bridgehead atoms. The van der Waals surface area contributed by atoms with Crippen LogP contribution in [0.15, 0.2) is 12.1 Å². The number of rotatable bonds is 4. The number of esters is 1. The molecular weight excluding hydrogens is 374 g/mol. The standard InChI is InChI=1S/C19H26ClNO6/c1-19(2,3)27-18(23)21-8-6-12(7-9-21)26-16-11-15(24-4)13(10-14(16)20)17(22)25-5/h10-12H,6-9H2,1-5H3. The number of likely N-dealkylation sites (tertiary alicyclic amines) is 1. The van der Waals surface area contributed by atoms with Crippen LogP contribution in [0.5, 0.6) is 11.5 Å². The molecule has 0 aliphatic carbocycles. The molecule has 0 atom stereocenters. The lowest BCUT2D eigenvalue weighted by Gasteiger charge is -2.33. The summed E-state index contributed by atoms with van der Waals surface area (Å²) in [7, 11) is 2.75. The summed E-state index contributed by atoms with van der Waals surface area (Å²) >= 11 is 6.26. The first kappa shape index (κ1) is 21.2. The van der Waals surface area contributed by atoms with E-state index in [9.17, 15) is 9.59 Å². The molecule has 1 aliphatic heterocycles. The molecule has 0 aromatic heterocycles. The Balaban J connectivity index is 2.01. The summed E-state index contributed by atoms with van der Waals surface area (Å²) in [5, 5.41) is 0.297. The number of ether oxygens (including phenoxy) is 4. The van der Waals surface area contributed by atoms with Crippen molar-refractivity contribution in [1.29, 1.82) is 0 Å². The predicted molar refractivity (Wildman–Crippen MR) is 101 cm³/mol. The van der Waals surface area contributed by atoms with Crippen molar-refractivity contribution >= 4 is 23.7 Å². The zero-order chi connectivity index (χ0) is 20.2. The van der Waals surface area contributed by atoms with Crippen LogP contribution >= 0.6 is 11.6 Å². The van der Waals surface area contributed by atoms with E-state index in [4.69, 9.17) is 30.5 Å². The third kappa shape index (κ3) is 5.66. The van der Waals surface area contributed by atoms with Crippen LogP contribution in [-0.4, -0.2) is 56.0 Å². The van der Waals surface area contributed by atoms with Crippen LogP contribution in [0.25, 0.3) is 0 Å². The maximum atomic E-state index is 12.1. The van der Waals surface area contributed by atoms with Gasteiger partial charge in [-0.3, -0.25) is 0 Å². The Morgan fingerprint density at radius 3 is 2.26 bits per heavy atom. The van der Waals surface area contributed by atoms with Crippen molar-refractivity contribution in [3.63, 3.8) is 0 Å². The van der Waals surface area contributed by atoms with E-state index in [1.807, 2.05) is 20.8 Å². The van der Waals surface area contributed by atoms with Gasteiger partial charge in [-0.05, 0) is 26.8 Å². The van der Waals surface area contributed by atoms with Crippen LogP contribution in [0, 0.1) is 0 Å². The van der Waals surface area contributed by atoms with Gasteiger partial charge in [0.25, 0.3) is 0 Å². The normalized spacial score (nSPS) is 15.3. The molecule has 1 fully saturated rings. The van der Waals surface area contributed by atoms with Crippen LogP contribution in [0.3, 0.4) is 0 Å². The van der Waals surface area contributed by atoms with Gasteiger partial charge in [0.2, 0.25) is 0 Å². The van der Waals surface area contributed by atoms with Crippen molar-refractivity contribution in [2.24, 2.45) is 0 Å². The van der Waals surface area contributed by atoms with E-state index in [2.05, 4.69) is 0 Å². The molecule has 1 heterocycles. The van der Waals surface area contributed by atoms with Crippen LogP contribution in [0.4, 0.5) is 4.79 Å². The molecule has 0 N–H and O–H groups in total. The molecule has 150 valence electrons. The van der Waals surface area contributed by atoms with Crippen LogP contribution < -0.4 is 9.47 Å². The maximum absolute atomic E-state index is 12.1. The fourth-order valence-electron chi connectivity index (χ4n) is 2.73. The molecule has 1 aliphatic rings. The summed E-state index contributed by atoms with van der Waals surface area (Å²) in [6.45, 7) is 6.60. The summed E-state index contributed by atoms with van der Waals surface area (Å²) in [5.74, 6) is 0.218. The van der Waals surface area contributed by atoms with E-state index in [0.717, 1.165) is 0 Å². The SMILES string of the molecule is COC(=O)c1cc(Cl)c(OC2CCN(C(=O)OC(C)(C)C)CC2)cc1OC. The first-order valence-corrected chi connectivity index (χ1v) is 9.13. The number of halogens is 1. The van der Waals surface area contributed by atoms with Gasteiger partial charge in [0.05, 0.1) is 19.2 Å². The smallest absolute Gasteiger partial charge is 0.410 e. The summed E-state index contributed by atoms with van der Waals surface area (Å²) in [6.07, 6.45) is 0.880. The third-order valence-corrected chi connectivity index (χ3v) is 4.34. The molecule has 1 aromatic rings. The second-order valence-corrected chi connectivity index (χ2v) is 7.67. The molecule has 0 unspecified atom stereocenters. The van der Waals surface area contributed by atoms with Crippen LogP contribution in [-0.2, 0) is 9.47 Å². The molecule has 0 radical (unpaired) electrons. The Morgan fingerprint density at radius 1 is 1.11 bits per heavy atom. The topological polar surface area (TPSA) is 74.3 Å². The quantitative estimate of drug-likeness (QED) is 0.714. The molecular formula is C19H26ClNO6. The second kappa shape index (κ2) is 8.69. The van der Waals surface area contributed by atoms with E-state index < -0.39 is 11.6 Å². The van der Waals surface area contributed by atoms with Gasteiger partial charge in [0, 0.05) is 32.0 Å². The van der Waals surface area contributed by atoms with Gasteiger partial charge >= 0.3 is 12.1 Å². The number of carbonyl (C=O) groups is 2. The highest BCUT2D eigenvalue weighted by Gasteiger charge is 2.28. The molecule has 2 rings (SSSR count). The Bertz CT molecular complexity index is 692. The minimum atomic E-state index is -0.536. The molecule has 1 saturated heterocycles. The molecule has 27 heavy (non-hydrogen) atoms. The number of nitrogens with zero attached hydrogens (tertiary/aromatic N) is 1. The number of piperidine rings is 1. The summed E-state index contributed by atoms with van der Waals surface area (Å²) in [4.78, 5) is 25.6. The van der Waals surface area contributed by atoms with Crippen molar-refractivity contribution in [2.75, 3.05) is 27.3 Å². The Hall–Kier alpha value is -2.15. The van der Waals surface area contributed by atoms with Crippen LogP contribution in [0.2, 0.25) is 5.02 Å². The fraction of sp³-hybridized carbons (Fsp3) is 0.579. The number of hydrogen-bond donors (Lipinski definition) is 0. The molecule has 8 heteroatoms. The summed E-state index contributed by atoms with van der Waals surface area (Å²) < 4.78 is 21.3. The third-order valence-electron chi connectivity index (χ3n) is 4.05. The fourth-order valence-corrected chi connectivity index (χ4v) is 2.93. The van der Waals surface area contributed by atoms with Gasteiger partial charge in [-0.25, -0.2) is 9.59 Å². The van der Waals surface area contributed by atoms with Gasteiger partial charge < -0.3 is 23.8 Å². The highest BCUT2D eigenvalue weighted by molar-refractivity contribution is 6.32. The highest BCUT2D eigenvalue weighted by atomic mass is 35.5. The van der Waals surface area contributed by atoms with Crippen molar-refractivity contribution in [3.05, 3.63) is 22.7 Å². The van der Waals surface area contributed by atoms with Gasteiger partial charge in [-0.15, -0.1) is 0 Å². The first-order valence-electron chi connectivity index (χ1n) is 8.75. The van der Waals surface area contributed by atoms with E-state index in [1.165, 1.54) is 20.3 Å². The van der Waals surface area contributed by atoms with Gasteiger partial charge in [0.15, 0.2) is 0 Å². The minimum absolute atomic E-state index is 0.102. The first-order chi connectivity index (χ1) is 12.6. The summed E-state index contributed by atoms with van der Waals surface area (Å²) in [6, 6.07) is 3.05. The van der Waals surface area contributed by atoms with Crippen molar-refractivity contribution in [2.45, 2.75) is 45.3 Å². The van der Waals surface area contributed by atoms with Gasteiger partial charge in [-0.2, -0.15) is 0 Å². The lowest BCUT2D eigenvalue weighted by atomic mass is 10.1.